The summed E-state index contributed by atoms with van der Waals surface area (Å²) < 4.78 is 5.36. The second-order valence-electron chi connectivity index (χ2n) is 3.78. The van der Waals surface area contributed by atoms with Crippen LogP contribution in [0.2, 0.25) is 0 Å². The van der Waals surface area contributed by atoms with Crippen molar-refractivity contribution in [2.45, 2.75) is 13.2 Å². The van der Waals surface area contributed by atoms with Gasteiger partial charge in [0.15, 0.2) is 5.82 Å². The second kappa shape index (κ2) is 3.57. The number of ether oxygens (including phenoxy) is 1. The third-order valence-electron chi connectivity index (χ3n) is 2.66. The van der Waals surface area contributed by atoms with Crippen LogP contribution in [0, 0.1) is 0 Å². The molecule has 0 fully saturated rings. The van der Waals surface area contributed by atoms with Crippen LogP contribution in [0.4, 0.5) is 5.82 Å². The number of hydrogen-bond donors (Lipinski definition) is 1. The normalized spacial score (nSPS) is 13.8. The predicted octanol–water partition coefficient (Wildman–Crippen LogP) is 1.76. The summed E-state index contributed by atoms with van der Waals surface area (Å²) >= 11 is 0. The van der Waals surface area contributed by atoms with E-state index in [2.05, 4.69) is 22.1 Å². The molecule has 0 saturated heterocycles. The molecule has 1 aliphatic rings. The van der Waals surface area contributed by atoms with Gasteiger partial charge in [-0.15, -0.1) is 0 Å². The molecule has 16 heavy (non-hydrogen) atoms. The van der Waals surface area contributed by atoms with Gasteiger partial charge >= 0.3 is 0 Å². The Hall–Kier alpha value is -1.94. The first-order chi connectivity index (χ1) is 7.83. The molecule has 0 aliphatic carbocycles. The smallest absolute Gasteiger partial charge is 0.161 e. The number of rotatable bonds is 1. The Morgan fingerprint density at radius 1 is 1.12 bits per heavy atom. The summed E-state index contributed by atoms with van der Waals surface area (Å²) in [7, 11) is 0. The summed E-state index contributed by atoms with van der Waals surface area (Å²) in [5, 5.41) is 0. The van der Waals surface area contributed by atoms with Crippen molar-refractivity contribution in [1.82, 2.24) is 9.97 Å². The highest BCUT2D eigenvalue weighted by Crippen LogP contribution is 2.25. The number of nitrogen functional groups attached to an aromatic ring is 1. The Balaban J connectivity index is 2.07. The summed E-state index contributed by atoms with van der Waals surface area (Å²) in [5.74, 6) is 1.15. The Bertz CT molecular complexity index is 540. The zero-order chi connectivity index (χ0) is 11.0. The SMILES string of the molecule is Nc1ccnc(-c2ccc3c(c2)COC3)n1. The van der Waals surface area contributed by atoms with Crippen LogP contribution < -0.4 is 5.73 Å². The van der Waals surface area contributed by atoms with E-state index in [0.717, 1.165) is 5.56 Å². The van der Waals surface area contributed by atoms with Crippen LogP contribution in [0.25, 0.3) is 11.4 Å². The number of nitrogens with zero attached hydrogens (tertiary/aromatic N) is 2. The number of fused-ring (bicyclic) bond motifs is 1. The van der Waals surface area contributed by atoms with Crippen LogP contribution in [-0.4, -0.2) is 9.97 Å². The minimum absolute atomic E-state index is 0.488. The Kier molecular flexibility index (Phi) is 2.08. The van der Waals surface area contributed by atoms with E-state index in [-0.39, 0.29) is 0 Å². The van der Waals surface area contributed by atoms with Crippen molar-refractivity contribution in [2.75, 3.05) is 5.73 Å². The van der Waals surface area contributed by atoms with Gasteiger partial charge in [-0.25, -0.2) is 9.97 Å². The first-order valence-corrected chi connectivity index (χ1v) is 5.11. The predicted molar refractivity (Wildman–Crippen MR) is 60.4 cm³/mol. The average molecular weight is 213 g/mol. The molecule has 3 rings (SSSR count). The van der Waals surface area contributed by atoms with Crippen LogP contribution in [0.1, 0.15) is 11.1 Å². The summed E-state index contributed by atoms with van der Waals surface area (Å²) in [6.07, 6.45) is 1.67. The van der Waals surface area contributed by atoms with Crippen molar-refractivity contribution in [3.63, 3.8) is 0 Å². The molecular weight excluding hydrogens is 202 g/mol. The van der Waals surface area contributed by atoms with Gasteiger partial charge in [0.2, 0.25) is 0 Å². The molecule has 2 heterocycles. The highest BCUT2D eigenvalue weighted by atomic mass is 16.5. The lowest BCUT2D eigenvalue weighted by atomic mass is 10.1. The van der Waals surface area contributed by atoms with Crippen molar-refractivity contribution in [3.05, 3.63) is 41.6 Å². The zero-order valence-electron chi connectivity index (χ0n) is 8.68. The van der Waals surface area contributed by atoms with Crippen molar-refractivity contribution in [2.24, 2.45) is 0 Å². The maximum Gasteiger partial charge on any atom is 0.161 e. The molecule has 0 amide bonds. The third-order valence-corrected chi connectivity index (χ3v) is 2.66. The van der Waals surface area contributed by atoms with Gasteiger partial charge in [0.05, 0.1) is 13.2 Å². The molecule has 0 spiro atoms. The molecule has 4 heteroatoms. The van der Waals surface area contributed by atoms with Crippen LogP contribution in [0.5, 0.6) is 0 Å². The topological polar surface area (TPSA) is 61.0 Å². The minimum Gasteiger partial charge on any atom is -0.384 e. The van der Waals surface area contributed by atoms with Crippen LogP contribution in [-0.2, 0) is 18.0 Å². The van der Waals surface area contributed by atoms with Gasteiger partial charge in [-0.1, -0.05) is 12.1 Å². The number of anilines is 1. The van der Waals surface area contributed by atoms with Crippen molar-refractivity contribution < 1.29 is 4.74 Å². The van der Waals surface area contributed by atoms with Crippen molar-refractivity contribution >= 4 is 5.82 Å². The highest BCUT2D eigenvalue weighted by molar-refractivity contribution is 5.58. The number of hydrogen-bond acceptors (Lipinski definition) is 4. The zero-order valence-corrected chi connectivity index (χ0v) is 8.68. The van der Waals surface area contributed by atoms with Gasteiger partial charge in [0.25, 0.3) is 0 Å². The average Bonchev–Trinajstić information content (AvgIpc) is 2.75. The van der Waals surface area contributed by atoms with Gasteiger partial charge in [0.1, 0.15) is 5.82 Å². The lowest BCUT2D eigenvalue weighted by Crippen LogP contribution is -1.95. The monoisotopic (exact) mass is 213 g/mol. The van der Waals surface area contributed by atoms with E-state index in [1.165, 1.54) is 11.1 Å². The highest BCUT2D eigenvalue weighted by Gasteiger charge is 2.12. The molecule has 0 radical (unpaired) electrons. The maximum absolute atomic E-state index is 5.63. The number of benzene rings is 1. The van der Waals surface area contributed by atoms with Gasteiger partial charge in [-0.05, 0) is 23.3 Å². The Morgan fingerprint density at radius 3 is 2.88 bits per heavy atom. The largest absolute Gasteiger partial charge is 0.384 e. The fraction of sp³-hybridized carbons (Fsp3) is 0.167. The lowest BCUT2D eigenvalue weighted by molar-refractivity contribution is 0.134. The summed E-state index contributed by atoms with van der Waals surface area (Å²) in [6.45, 7) is 1.37. The van der Waals surface area contributed by atoms with Crippen LogP contribution in [0.3, 0.4) is 0 Å². The van der Waals surface area contributed by atoms with E-state index in [1.807, 2.05) is 6.07 Å². The minimum atomic E-state index is 0.488. The fourth-order valence-electron chi connectivity index (χ4n) is 1.82. The van der Waals surface area contributed by atoms with Gasteiger partial charge in [-0.3, -0.25) is 0 Å². The summed E-state index contributed by atoms with van der Waals surface area (Å²) in [6, 6.07) is 7.81. The first kappa shape index (κ1) is 9.30. The maximum atomic E-state index is 5.63. The molecule has 80 valence electrons. The van der Waals surface area contributed by atoms with E-state index in [1.54, 1.807) is 12.3 Å². The van der Waals surface area contributed by atoms with E-state index in [0.29, 0.717) is 24.9 Å². The van der Waals surface area contributed by atoms with Crippen LogP contribution in [0.15, 0.2) is 30.5 Å². The first-order valence-electron chi connectivity index (χ1n) is 5.11. The molecular formula is C12H11N3O. The molecule has 2 aromatic rings. The molecule has 0 bridgehead atoms. The molecule has 1 aromatic carbocycles. The third kappa shape index (κ3) is 1.53. The molecule has 2 N–H and O–H groups in total. The Morgan fingerprint density at radius 2 is 2.00 bits per heavy atom. The van der Waals surface area contributed by atoms with E-state index in [4.69, 9.17) is 10.5 Å². The molecule has 1 aromatic heterocycles. The summed E-state index contributed by atoms with van der Waals surface area (Å²) in [4.78, 5) is 8.40. The van der Waals surface area contributed by atoms with E-state index >= 15 is 0 Å². The fourth-order valence-corrected chi connectivity index (χ4v) is 1.82. The molecule has 4 nitrogen and oxygen atoms in total. The molecule has 0 saturated carbocycles. The lowest BCUT2D eigenvalue weighted by Gasteiger charge is -2.03. The van der Waals surface area contributed by atoms with Crippen molar-refractivity contribution in [1.29, 1.82) is 0 Å². The summed E-state index contributed by atoms with van der Waals surface area (Å²) in [5.41, 5.74) is 9.07. The number of nitrogens with two attached hydrogens (primary N) is 1. The second-order valence-corrected chi connectivity index (χ2v) is 3.78. The molecule has 0 unspecified atom stereocenters. The molecule has 0 atom stereocenters. The standard InChI is InChI=1S/C12H11N3O/c13-11-3-4-14-12(15-11)8-1-2-9-6-16-7-10(9)5-8/h1-5H,6-7H2,(H2,13,14,15). The van der Waals surface area contributed by atoms with E-state index in [9.17, 15) is 0 Å². The van der Waals surface area contributed by atoms with Gasteiger partial charge in [-0.2, -0.15) is 0 Å². The quantitative estimate of drug-likeness (QED) is 0.784. The van der Waals surface area contributed by atoms with Crippen LogP contribution >= 0.6 is 0 Å². The molecule has 1 aliphatic heterocycles. The van der Waals surface area contributed by atoms with Gasteiger partial charge < -0.3 is 10.5 Å². The van der Waals surface area contributed by atoms with E-state index < -0.39 is 0 Å². The van der Waals surface area contributed by atoms with Gasteiger partial charge in [0, 0.05) is 11.8 Å². The van der Waals surface area contributed by atoms with Crippen molar-refractivity contribution in [3.8, 4) is 11.4 Å². The Labute approximate surface area is 93.1 Å². The number of aromatic nitrogens is 2.